The van der Waals surface area contributed by atoms with Crippen LogP contribution in [0.1, 0.15) is 45.7 Å². The molecule has 4 atom stereocenters. The number of carbonyl (C=O) groups is 3. The van der Waals surface area contributed by atoms with Gasteiger partial charge in [-0.2, -0.15) is 0 Å². The molecular weight excluding hydrogens is 673 g/mol. The molecule has 260 valence electrons. The van der Waals surface area contributed by atoms with Gasteiger partial charge in [0.15, 0.2) is 0 Å². The summed E-state index contributed by atoms with van der Waals surface area (Å²) in [7, 11) is -5.92. The Balaban J connectivity index is 1.56. The standard InChI is InChI=1S/C37H40N4O7SSi/c1-7-50(8-2)33-29(24-18-12-14-20-26(24)39(33)35(44)47-36(3,4)5)37-25-19-13-15-21-27(25)41(49(45,46)23-16-10-9-11-17-23)34(37)40-28(42)22-38(6)32(43)30(40)31(37)48-50/h9-21,30-31,34H,7-8,22H2,1-6H3/t30-,31+,34-,37+/m0/s1. The molecule has 8 rings (SSSR count). The Bertz CT molecular complexity index is 2210. The molecule has 13 heteroatoms. The minimum atomic E-state index is -4.32. The molecule has 0 aliphatic carbocycles. The molecule has 0 N–H and O–H groups in total. The number of piperazine rings is 1. The van der Waals surface area contributed by atoms with Crippen molar-refractivity contribution in [2.45, 2.75) is 80.9 Å². The SMILES string of the molecule is CC[Si]1(CC)O[C@@H]2[C@H]3C(=O)N(C)CC(=O)N3[C@H]3N(S(=O)(=O)c4ccccc4)c4ccccc4[C@@]23c2c1n(C(=O)OC(C)(C)C)c1ccccc21. The van der Waals surface area contributed by atoms with Crippen LogP contribution < -0.4 is 9.62 Å². The third kappa shape index (κ3) is 4.05. The number of fused-ring (bicyclic) bond motifs is 7. The molecule has 1 spiro atoms. The quantitative estimate of drug-likeness (QED) is 0.286. The highest BCUT2D eigenvalue weighted by atomic mass is 32.2. The Hall–Kier alpha value is -4.46. The van der Waals surface area contributed by atoms with Crippen molar-refractivity contribution >= 4 is 58.2 Å². The first-order valence-corrected chi connectivity index (χ1v) is 20.8. The van der Waals surface area contributed by atoms with E-state index in [2.05, 4.69) is 0 Å². The molecule has 5 heterocycles. The fourth-order valence-electron chi connectivity index (χ4n) is 8.95. The largest absolute Gasteiger partial charge is 0.443 e. The van der Waals surface area contributed by atoms with E-state index < -0.39 is 53.8 Å². The van der Waals surface area contributed by atoms with Gasteiger partial charge in [-0.25, -0.2) is 17.5 Å². The summed E-state index contributed by atoms with van der Waals surface area (Å²) in [5.41, 5.74) is 0.151. The van der Waals surface area contributed by atoms with Crippen LogP contribution in [0.25, 0.3) is 10.9 Å². The van der Waals surface area contributed by atoms with E-state index in [1.54, 1.807) is 41.9 Å². The van der Waals surface area contributed by atoms with Crippen LogP contribution >= 0.6 is 0 Å². The molecule has 0 bridgehead atoms. The number of carbonyl (C=O) groups excluding carboxylic acids is 3. The third-order valence-corrected chi connectivity index (χ3v) is 17.0. The van der Waals surface area contributed by atoms with Gasteiger partial charge in [-0.05, 0) is 68.3 Å². The maximum Gasteiger partial charge on any atom is 0.418 e. The number of hydrogen-bond acceptors (Lipinski definition) is 7. The van der Waals surface area contributed by atoms with Crippen molar-refractivity contribution in [3.05, 3.63) is 90.0 Å². The van der Waals surface area contributed by atoms with Gasteiger partial charge < -0.3 is 19.0 Å². The van der Waals surface area contributed by atoms with Crippen LogP contribution in [-0.2, 0) is 34.2 Å². The Morgan fingerprint density at radius 1 is 0.960 bits per heavy atom. The van der Waals surface area contributed by atoms with E-state index in [0.717, 1.165) is 10.9 Å². The molecule has 2 saturated heterocycles. The fraction of sp³-hybridized carbons (Fsp3) is 0.378. The Kier molecular flexibility index (Phi) is 7.05. The summed E-state index contributed by atoms with van der Waals surface area (Å²) in [6, 6.07) is 23.0. The molecule has 11 nitrogen and oxygen atoms in total. The highest BCUT2D eigenvalue weighted by Gasteiger charge is 2.77. The number of para-hydroxylation sites is 2. The molecule has 50 heavy (non-hydrogen) atoms. The summed E-state index contributed by atoms with van der Waals surface area (Å²) in [5, 5.41) is 1.41. The predicted octanol–water partition coefficient (Wildman–Crippen LogP) is 4.52. The lowest BCUT2D eigenvalue weighted by molar-refractivity contribution is -0.156. The zero-order chi connectivity index (χ0) is 35.5. The number of likely N-dealkylation sites (N-methyl/N-ethyl adjacent to an activating group) is 1. The zero-order valence-electron chi connectivity index (χ0n) is 28.9. The summed E-state index contributed by atoms with van der Waals surface area (Å²) in [6.45, 7) is 9.31. The number of hydrogen-bond donors (Lipinski definition) is 0. The van der Waals surface area contributed by atoms with E-state index in [9.17, 15) is 14.4 Å². The average Bonchev–Trinajstić information content (AvgIpc) is 3.69. The molecule has 3 aromatic carbocycles. The summed E-state index contributed by atoms with van der Waals surface area (Å²) in [4.78, 5) is 46.2. The first-order valence-electron chi connectivity index (χ1n) is 17.0. The van der Waals surface area contributed by atoms with Crippen LogP contribution in [0.15, 0.2) is 83.8 Å². The minimum Gasteiger partial charge on any atom is -0.443 e. The Morgan fingerprint density at radius 2 is 1.60 bits per heavy atom. The number of nitrogens with zero attached hydrogens (tertiary/aromatic N) is 4. The van der Waals surface area contributed by atoms with Crippen molar-refractivity contribution in [3.8, 4) is 0 Å². The average molecular weight is 713 g/mol. The zero-order valence-corrected chi connectivity index (χ0v) is 30.7. The van der Waals surface area contributed by atoms with Crippen molar-refractivity contribution in [1.29, 1.82) is 0 Å². The molecule has 4 aliphatic rings. The lowest BCUT2D eigenvalue weighted by Gasteiger charge is -2.48. The van der Waals surface area contributed by atoms with Gasteiger partial charge in [0.1, 0.15) is 17.8 Å². The van der Waals surface area contributed by atoms with Crippen molar-refractivity contribution in [2.24, 2.45) is 0 Å². The summed E-state index contributed by atoms with van der Waals surface area (Å²) in [6.07, 6.45) is -2.71. The van der Waals surface area contributed by atoms with Gasteiger partial charge in [0.2, 0.25) is 20.1 Å². The molecule has 1 aromatic heterocycles. The number of benzene rings is 3. The lowest BCUT2D eigenvalue weighted by atomic mass is 9.70. The van der Waals surface area contributed by atoms with Gasteiger partial charge in [0.25, 0.3) is 10.0 Å². The van der Waals surface area contributed by atoms with Crippen molar-refractivity contribution < 1.29 is 32.0 Å². The summed E-state index contributed by atoms with van der Waals surface area (Å²) >= 11 is 0. The highest BCUT2D eigenvalue weighted by Crippen LogP contribution is 2.63. The molecule has 0 radical (unpaired) electrons. The fourth-order valence-corrected chi connectivity index (χ4v) is 14.5. The Labute approximate surface area is 292 Å². The van der Waals surface area contributed by atoms with Crippen molar-refractivity contribution in [3.63, 3.8) is 0 Å². The molecular formula is C37H40N4O7SSi. The second kappa shape index (κ2) is 10.8. The highest BCUT2D eigenvalue weighted by molar-refractivity contribution is 7.93. The molecule has 0 unspecified atom stereocenters. The number of rotatable bonds is 4. The number of amides is 2. The number of aromatic nitrogens is 1. The normalized spacial score (nSPS) is 25.2. The molecule has 4 aliphatic heterocycles. The van der Waals surface area contributed by atoms with Gasteiger partial charge in [-0.3, -0.25) is 14.2 Å². The van der Waals surface area contributed by atoms with E-state index in [-0.39, 0.29) is 23.3 Å². The molecule has 2 amide bonds. The number of anilines is 1. The van der Waals surface area contributed by atoms with Gasteiger partial charge in [-0.1, -0.05) is 68.4 Å². The minimum absolute atomic E-state index is 0.0544. The summed E-state index contributed by atoms with van der Waals surface area (Å²) < 4.78 is 46.5. The van der Waals surface area contributed by atoms with E-state index in [1.165, 1.54) is 26.2 Å². The van der Waals surface area contributed by atoms with Crippen LogP contribution in [0.4, 0.5) is 10.5 Å². The first kappa shape index (κ1) is 32.7. The smallest absolute Gasteiger partial charge is 0.418 e. The van der Waals surface area contributed by atoms with Crippen LogP contribution in [-0.4, -0.2) is 86.5 Å². The molecule has 4 aromatic rings. The number of sulfonamides is 1. The van der Waals surface area contributed by atoms with Crippen LogP contribution in [0.2, 0.25) is 12.1 Å². The molecule has 0 saturated carbocycles. The van der Waals surface area contributed by atoms with Gasteiger partial charge >= 0.3 is 6.09 Å². The van der Waals surface area contributed by atoms with Crippen LogP contribution in [0, 0.1) is 0 Å². The second-order valence-corrected chi connectivity index (χ2v) is 20.5. The van der Waals surface area contributed by atoms with Gasteiger partial charge in [0.05, 0.1) is 34.2 Å². The first-order chi connectivity index (χ1) is 23.7. The monoisotopic (exact) mass is 712 g/mol. The summed E-state index contributed by atoms with van der Waals surface area (Å²) in [5.74, 6) is -0.689. The second-order valence-electron chi connectivity index (χ2n) is 14.6. The van der Waals surface area contributed by atoms with E-state index >= 15 is 8.42 Å². The maximum atomic E-state index is 15.0. The van der Waals surface area contributed by atoms with Crippen LogP contribution in [0.3, 0.4) is 0 Å². The van der Waals surface area contributed by atoms with Crippen molar-refractivity contribution in [1.82, 2.24) is 14.4 Å². The Morgan fingerprint density at radius 3 is 2.28 bits per heavy atom. The van der Waals surface area contributed by atoms with Crippen molar-refractivity contribution in [2.75, 3.05) is 17.9 Å². The third-order valence-electron chi connectivity index (χ3n) is 10.9. The maximum absolute atomic E-state index is 15.0. The van der Waals surface area contributed by atoms with E-state index in [0.29, 0.717) is 34.2 Å². The number of ether oxygens (including phenoxy) is 1. The van der Waals surface area contributed by atoms with Crippen LogP contribution in [0.5, 0.6) is 0 Å². The molecule has 2 fully saturated rings. The predicted molar refractivity (Wildman–Crippen MR) is 190 cm³/mol. The lowest BCUT2D eigenvalue weighted by Crippen LogP contribution is -2.68. The van der Waals surface area contributed by atoms with Gasteiger partial charge in [0, 0.05) is 17.8 Å². The van der Waals surface area contributed by atoms with Gasteiger partial charge in [-0.15, -0.1) is 0 Å². The van der Waals surface area contributed by atoms with E-state index in [4.69, 9.17) is 9.16 Å². The topological polar surface area (TPSA) is 118 Å². The van der Waals surface area contributed by atoms with E-state index in [1.807, 2.05) is 71.0 Å².